The minimum absolute atomic E-state index is 0.688. The van der Waals surface area contributed by atoms with Crippen molar-refractivity contribution in [1.29, 1.82) is 0 Å². The van der Waals surface area contributed by atoms with Crippen molar-refractivity contribution in [1.82, 2.24) is 10.6 Å². The zero-order valence-corrected chi connectivity index (χ0v) is 17.0. The van der Waals surface area contributed by atoms with E-state index < -0.39 is 0 Å². The number of unbranched alkanes of at least 4 members (excludes halogenated alkanes) is 1. The number of guanidine groups is 1. The van der Waals surface area contributed by atoms with E-state index in [1.54, 1.807) is 14.2 Å². The topological polar surface area (TPSA) is 64.1 Å². The van der Waals surface area contributed by atoms with Crippen LogP contribution in [0.15, 0.2) is 53.5 Å². The Kier molecular flexibility index (Phi) is 9.72. The van der Waals surface area contributed by atoms with E-state index in [0.717, 1.165) is 49.9 Å². The molecule has 0 spiro atoms. The van der Waals surface area contributed by atoms with Crippen LogP contribution < -0.4 is 20.1 Å². The van der Waals surface area contributed by atoms with Gasteiger partial charge in [0.1, 0.15) is 5.75 Å². The Labute approximate surface area is 167 Å². The standard InChI is InChI=1S/C22H31N3O3/c1-4-27-16-8-7-15-24-22(23-2)25-17-18-11-13-19(14-12-18)28-21-10-6-5-9-20(21)26-3/h5-6,9-14H,4,7-8,15-17H2,1-3H3,(H2,23,24,25). The first-order valence-electron chi connectivity index (χ1n) is 9.69. The van der Waals surface area contributed by atoms with E-state index in [4.69, 9.17) is 14.2 Å². The van der Waals surface area contributed by atoms with Crippen LogP contribution in [0.4, 0.5) is 0 Å². The molecule has 0 bridgehead atoms. The van der Waals surface area contributed by atoms with Crippen LogP contribution in [0.5, 0.6) is 17.2 Å². The number of methoxy groups -OCH3 is 1. The number of aliphatic imine (C=N–C) groups is 1. The molecule has 2 rings (SSSR count). The van der Waals surface area contributed by atoms with Crippen LogP contribution in [0.25, 0.3) is 0 Å². The first kappa shape index (κ1) is 21.6. The molecule has 6 nitrogen and oxygen atoms in total. The number of benzene rings is 2. The molecule has 0 saturated heterocycles. The van der Waals surface area contributed by atoms with Crippen molar-refractivity contribution < 1.29 is 14.2 Å². The molecule has 0 aliphatic rings. The Bertz CT molecular complexity index is 717. The molecule has 0 saturated carbocycles. The molecule has 152 valence electrons. The lowest BCUT2D eigenvalue weighted by molar-refractivity contribution is 0.143. The Morgan fingerprint density at radius 2 is 1.71 bits per heavy atom. The second-order valence-corrected chi connectivity index (χ2v) is 6.15. The number of nitrogens with one attached hydrogen (secondary N) is 2. The highest BCUT2D eigenvalue weighted by atomic mass is 16.5. The molecule has 0 unspecified atom stereocenters. The molecule has 28 heavy (non-hydrogen) atoms. The molecule has 2 N–H and O–H groups in total. The van der Waals surface area contributed by atoms with Crippen LogP contribution in [-0.2, 0) is 11.3 Å². The van der Waals surface area contributed by atoms with E-state index in [2.05, 4.69) is 15.6 Å². The van der Waals surface area contributed by atoms with Crippen LogP contribution in [0, 0.1) is 0 Å². The van der Waals surface area contributed by atoms with Gasteiger partial charge >= 0.3 is 0 Å². The summed E-state index contributed by atoms with van der Waals surface area (Å²) in [5.41, 5.74) is 1.15. The smallest absolute Gasteiger partial charge is 0.191 e. The van der Waals surface area contributed by atoms with Crippen molar-refractivity contribution in [3.8, 4) is 17.2 Å². The zero-order valence-electron chi connectivity index (χ0n) is 17.0. The molecule has 2 aromatic rings. The van der Waals surface area contributed by atoms with Crippen molar-refractivity contribution in [3.05, 3.63) is 54.1 Å². The summed E-state index contributed by atoms with van der Waals surface area (Å²) in [6, 6.07) is 15.6. The number of hydrogen-bond donors (Lipinski definition) is 2. The molecule has 2 aromatic carbocycles. The Balaban J connectivity index is 1.77. The number of ether oxygens (including phenoxy) is 3. The van der Waals surface area contributed by atoms with Gasteiger partial charge in [0.15, 0.2) is 17.5 Å². The van der Waals surface area contributed by atoms with E-state index in [1.807, 2.05) is 55.5 Å². The summed E-state index contributed by atoms with van der Waals surface area (Å²) in [5.74, 6) is 2.98. The average Bonchev–Trinajstić information content (AvgIpc) is 2.74. The highest BCUT2D eigenvalue weighted by Crippen LogP contribution is 2.30. The van der Waals surface area contributed by atoms with Crippen molar-refractivity contribution >= 4 is 5.96 Å². The van der Waals surface area contributed by atoms with Crippen LogP contribution in [0.3, 0.4) is 0 Å². The fourth-order valence-corrected chi connectivity index (χ4v) is 2.59. The highest BCUT2D eigenvalue weighted by Gasteiger charge is 2.04. The van der Waals surface area contributed by atoms with Crippen molar-refractivity contribution in [3.63, 3.8) is 0 Å². The monoisotopic (exact) mass is 385 g/mol. The minimum atomic E-state index is 0.688. The van der Waals surface area contributed by atoms with Crippen molar-refractivity contribution in [2.24, 2.45) is 4.99 Å². The van der Waals surface area contributed by atoms with E-state index >= 15 is 0 Å². The lowest BCUT2D eigenvalue weighted by Gasteiger charge is -2.13. The third kappa shape index (κ3) is 7.48. The van der Waals surface area contributed by atoms with Crippen LogP contribution in [0.2, 0.25) is 0 Å². The van der Waals surface area contributed by atoms with Gasteiger partial charge < -0.3 is 24.8 Å². The van der Waals surface area contributed by atoms with Crippen LogP contribution in [-0.4, -0.2) is 39.9 Å². The maximum atomic E-state index is 5.90. The van der Waals surface area contributed by atoms with E-state index in [9.17, 15) is 0 Å². The summed E-state index contributed by atoms with van der Waals surface area (Å²) in [5, 5.41) is 6.64. The highest BCUT2D eigenvalue weighted by molar-refractivity contribution is 5.79. The number of nitrogens with zero attached hydrogens (tertiary/aromatic N) is 1. The SMILES string of the molecule is CCOCCCCNC(=NC)NCc1ccc(Oc2ccccc2OC)cc1. The summed E-state index contributed by atoms with van der Waals surface area (Å²) in [6.07, 6.45) is 2.10. The fourth-order valence-electron chi connectivity index (χ4n) is 2.59. The molecule has 0 aliphatic heterocycles. The largest absolute Gasteiger partial charge is 0.493 e. The zero-order chi connectivity index (χ0) is 20.0. The molecule has 0 radical (unpaired) electrons. The minimum Gasteiger partial charge on any atom is -0.493 e. The van der Waals surface area contributed by atoms with Gasteiger partial charge in [0.2, 0.25) is 0 Å². The lowest BCUT2D eigenvalue weighted by Crippen LogP contribution is -2.37. The molecule has 0 aliphatic carbocycles. The predicted octanol–water partition coefficient (Wildman–Crippen LogP) is 3.97. The Hall–Kier alpha value is -2.73. The van der Waals surface area contributed by atoms with Gasteiger partial charge in [-0.25, -0.2) is 0 Å². The normalized spacial score (nSPS) is 11.2. The Morgan fingerprint density at radius 3 is 2.39 bits per heavy atom. The van der Waals surface area contributed by atoms with Crippen molar-refractivity contribution in [2.45, 2.75) is 26.3 Å². The summed E-state index contributed by atoms with van der Waals surface area (Å²) in [6.45, 7) is 5.17. The van der Waals surface area contributed by atoms with Gasteiger partial charge in [-0.2, -0.15) is 0 Å². The van der Waals surface area contributed by atoms with Gasteiger partial charge in [0.25, 0.3) is 0 Å². The number of para-hydroxylation sites is 2. The summed E-state index contributed by atoms with van der Waals surface area (Å²) >= 11 is 0. The fraction of sp³-hybridized carbons (Fsp3) is 0.409. The summed E-state index contributed by atoms with van der Waals surface area (Å²) in [7, 11) is 3.41. The second-order valence-electron chi connectivity index (χ2n) is 6.15. The molecule has 0 aromatic heterocycles. The maximum Gasteiger partial charge on any atom is 0.191 e. The Morgan fingerprint density at radius 1 is 0.964 bits per heavy atom. The maximum absolute atomic E-state index is 5.90. The molecular formula is C22H31N3O3. The third-order valence-corrected chi connectivity index (χ3v) is 4.12. The van der Waals surface area contributed by atoms with E-state index in [-0.39, 0.29) is 0 Å². The number of hydrogen-bond acceptors (Lipinski definition) is 4. The van der Waals surface area contributed by atoms with Crippen LogP contribution in [0.1, 0.15) is 25.3 Å². The van der Waals surface area contributed by atoms with Crippen LogP contribution >= 0.6 is 0 Å². The molecule has 0 atom stereocenters. The molecule has 6 heteroatoms. The van der Waals surface area contributed by atoms with Gasteiger partial charge in [0, 0.05) is 33.4 Å². The van der Waals surface area contributed by atoms with Gasteiger partial charge in [-0.15, -0.1) is 0 Å². The third-order valence-electron chi connectivity index (χ3n) is 4.12. The summed E-state index contributed by atoms with van der Waals surface area (Å²) < 4.78 is 16.6. The van der Waals surface area contributed by atoms with Gasteiger partial charge in [-0.1, -0.05) is 24.3 Å². The number of rotatable bonds is 11. The first-order valence-corrected chi connectivity index (χ1v) is 9.69. The van der Waals surface area contributed by atoms with E-state index in [1.165, 1.54) is 0 Å². The van der Waals surface area contributed by atoms with Crippen molar-refractivity contribution in [2.75, 3.05) is 33.9 Å². The molecular weight excluding hydrogens is 354 g/mol. The van der Waals surface area contributed by atoms with Gasteiger partial charge in [-0.3, -0.25) is 4.99 Å². The molecule has 0 fully saturated rings. The quantitative estimate of drug-likeness (QED) is 0.348. The predicted molar refractivity (Wildman–Crippen MR) is 113 cm³/mol. The first-order chi connectivity index (χ1) is 13.8. The van der Waals surface area contributed by atoms with Gasteiger partial charge in [-0.05, 0) is 49.6 Å². The summed E-state index contributed by atoms with van der Waals surface area (Å²) in [4.78, 5) is 4.25. The lowest BCUT2D eigenvalue weighted by atomic mass is 10.2. The van der Waals surface area contributed by atoms with Gasteiger partial charge in [0.05, 0.1) is 7.11 Å². The molecule has 0 amide bonds. The average molecular weight is 386 g/mol. The van der Waals surface area contributed by atoms with E-state index in [0.29, 0.717) is 18.0 Å². The molecule has 0 heterocycles. The second kappa shape index (κ2) is 12.6.